The van der Waals surface area contributed by atoms with E-state index in [9.17, 15) is 13.2 Å². The lowest BCUT2D eigenvalue weighted by atomic mass is 9.85. The van der Waals surface area contributed by atoms with Gasteiger partial charge in [0.15, 0.2) is 0 Å². The van der Waals surface area contributed by atoms with E-state index >= 15 is 0 Å². The molecule has 0 amide bonds. The van der Waals surface area contributed by atoms with Crippen LogP contribution in [-0.4, -0.2) is 31.5 Å². The maximum atomic E-state index is 12.0. The van der Waals surface area contributed by atoms with Gasteiger partial charge in [0.1, 0.15) is 9.84 Å². The molecule has 1 aromatic heterocycles. The number of aromatic amines is 1. The maximum Gasteiger partial charge on any atom is 0.252 e. The first-order valence-corrected chi connectivity index (χ1v) is 9.39. The summed E-state index contributed by atoms with van der Waals surface area (Å²) < 4.78 is 22.7. The molecule has 0 spiro atoms. The number of para-hydroxylation sites is 1. The van der Waals surface area contributed by atoms with Gasteiger partial charge in [-0.2, -0.15) is 0 Å². The maximum absolute atomic E-state index is 12.0. The molecule has 1 aliphatic carbocycles. The third-order valence-corrected chi connectivity index (χ3v) is 5.97. The van der Waals surface area contributed by atoms with Crippen LogP contribution in [0.4, 0.5) is 0 Å². The van der Waals surface area contributed by atoms with Crippen LogP contribution >= 0.6 is 0 Å². The lowest BCUT2D eigenvalue weighted by Crippen LogP contribution is -2.40. The lowest BCUT2D eigenvalue weighted by molar-refractivity contribution is 0.302. The number of hydrogen-bond acceptors (Lipinski definition) is 4. The third kappa shape index (κ3) is 3.23. The van der Waals surface area contributed by atoms with Crippen LogP contribution in [0, 0.1) is 5.92 Å². The highest BCUT2D eigenvalue weighted by molar-refractivity contribution is 7.91. The predicted molar refractivity (Wildman–Crippen MR) is 87.6 cm³/mol. The standard InChI is InChI=1S/C16H20N2O3S/c1-22(20,21)14-6-11(7-14)9-17-10-13-8-12-4-2-3-5-15(12)18-16(13)19/h2-5,8,11,14,17H,6-7,9-10H2,1H3,(H,18,19). The number of fused-ring (bicyclic) bond motifs is 1. The lowest BCUT2D eigenvalue weighted by Gasteiger charge is -2.34. The Kier molecular flexibility index (Phi) is 4.06. The first-order chi connectivity index (χ1) is 10.4. The highest BCUT2D eigenvalue weighted by Crippen LogP contribution is 2.31. The number of rotatable bonds is 5. The molecule has 0 radical (unpaired) electrons. The Morgan fingerprint density at radius 3 is 2.73 bits per heavy atom. The number of nitrogens with one attached hydrogen (secondary N) is 2. The van der Waals surface area contributed by atoms with Gasteiger partial charge in [0.05, 0.1) is 5.25 Å². The van der Waals surface area contributed by atoms with Gasteiger partial charge in [0.25, 0.3) is 5.56 Å². The zero-order valence-corrected chi connectivity index (χ0v) is 13.3. The summed E-state index contributed by atoms with van der Waals surface area (Å²) in [4.78, 5) is 14.9. The third-order valence-electron chi connectivity index (χ3n) is 4.38. The molecule has 0 aliphatic heterocycles. The van der Waals surface area contributed by atoms with Crippen LogP contribution in [0.25, 0.3) is 10.9 Å². The van der Waals surface area contributed by atoms with Crippen molar-refractivity contribution < 1.29 is 8.42 Å². The Morgan fingerprint density at radius 1 is 1.27 bits per heavy atom. The first kappa shape index (κ1) is 15.2. The molecular weight excluding hydrogens is 300 g/mol. The van der Waals surface area contributed by atoms with Gasteiger partial charge >= 0.3 is 0 Å². The summed E-state index contributed by atoms with van der Waals surface area (Å²) in [7, 11) is -2.89. The fourth-order valence-electron chi connectivity index (χ4n) is 2.93. The monoisotopic (exact) mass is 320 g/mol. The molecule has 1 aliphatic rings. The van der Waals surface area contributed by atoms with E-state index in [1.54, 1.807) is 0 Å². The van der Waals surface area contributed by atoms with Gasteiger partial charge in [-0.3, -0.25) is 4.79 Å². The van der Waals surface area contributed by atoms with Crippen LogP contribution in [0.15, 0.2) is 35.1 Å². The topological polar surface area (TPSA) is 79.0 Å². The van der Waals surface area contributed by atoms with E-state index in [-0.39, 0.29) is 10.8 Å². The quantitative estimate of drug-likeness (QED) is 0.874. The number of sulfone groups is 1. The van der Waals surface area contributed by atoms with Crippen molar-refractivity contribution in [3.8, 4) is 0 Å². The summed E-state index contributed by atoms with van der Waals surface area (Å²) >= 11 is 0. The van der Waals surface area contributed by atoms with E-state index in [0.717, 1.165) is 30.3 Å². The molecule has 1 saturated carbocycles. The zero-order chi connectivity index (χ0) is 15.7. The summed E-state index contributed by atoms with van der Waals surface area (Å²) in [6.07, 6.45) is 2.75. The van der Waals surface area contributed by atoms with Crippen molar-refractivity contribution in [3.63, 3.8) is 0 Å². The fraction of sp³-hybridized carbons (Fsp3) is 0.438. The van der Waals surface area contributed by atoms with Gasteiger partial charge < -0.3 is 10.3 Å². The minimum atomic E-state index is -2.89. The SMILES string of the molecule is CS(=O)(=O)C1CC(CNCc2cc3ccccc3[nH]c2=O)C1. The van der Waals surface area contributed by atoms with Gasteiger partial charge in [0.2, 0.25) is 0 Å². The summed E-state index contributed by atoms with van der Waals surface area (Å²) in [5.74, 6) is 0.388. The van der Waals surface area contributed by atoms with E-state index < -0.39 is 9.84 Å². The molecule has 5 nitrogen and oxygen atoms in total. The summed E-state index contributed by atoms with van der Waals surface area (Å²) in [6, 6.07) is 9.59. The van der Waals surface area contributed by atoms with E-state index in [4.69, 9.17) is 0 Å². The number of aromatic nitrogens is 1. The second kappa shape index (κ2) is 5.85. The molecule has 3 rings (SSSR count). The molecule has 22 heavy (non-hydrogen) atoms. The van der Waals surface area contributed by atoms with E-state index in [1.165, 1.54) is 6.26 Å². The molecule has 0 saturated heterocycles. The van der Waals surface area contributed by atoms with Crippen molar-refractivity contribution in [2.75, 3.05) is 12.8 Å². The Morgan fingerprint density at radius 2 is 2.00 bits per heavy atom. The van der Waals surface area contributed by atoms with Crippen LogP contribution in [0.3, 0.4) is 0 Å². The number of pyridine rings is 1. The van der Waals surface area contributed by atoms with Crippen LogP contribution in [0.2, 0.25) is 0 Å². The molecule has 2 aromatic rings. The predicted octanol–water partition coefficient (Wildman–Crippen LogP) is 1.44. The summed E-state index contributed by atoms with van der Waals surface area (Å²) in [5, 5.41) is 4.10. The van der Waals surface area contributed by atoms with Crippen LogP contribution < -0.4 is 10.9 Å². The Labute approximate surface area is 129 Å². The van der Waals surface area contributed by atoms with E-state index in [1.807, 2.05) is 30.3 Å². The molecule has 1 fully saturated rings. The Hall–Kier alpha value is -1.66. The highest BCUT2D eigenvalue weighted by Gasteiger charge is 2.35. The molecule has 1 heterocycles. The summed E-state index contributed by atoms with van der Waals surface area (Å²) in [5.41, 5.74) is 1.47. The molecule has 0 atom stereocenters. The highest BCUT2D eigenvalue weighted by atomic mass is 32.2. The van der Waals surface area contributed by atoms with Crippen molar-refractivity contribution in [2.45, 2.75) is 24.6 Å². The second-order valence-electron chi connectivity index (χ2n) is 6.13. The second-order valence-corrected chi connectivity index (χ2v) is 8.46. The van der Waals surface area contributed by atoms with Gasteiger partial charge in [-0.15, -0.1) is 0 Å². The average molecular weight is 320 g/mol. The Bertz CT molecular complexity index is 836. The van der Waals surface area contributed by atoms with Gasteiger partial charge in [-0.1, -0.05) is 18.2 Å². The molecule has 0 unspecified atom stereocenters. The molecule has 118 valence electrons. The average Bonchev–Trinajstić information content (AvgIpc) is 2.40. The van der Waals surface area contributed by atoms with E-state index in [0.29, 0.717) is 18.0 Å². The smallest absolute Gasteiger partial charge is 0.252 e. The number of H-pyrrole nitrogens is 1. The van der Waals surface area contributed by atoms with Crippen molar-refractivity contribution in [2.24, 2.45) is 5.92 Å². The minimum absolute atomic E-state index is 0.0752. The molecule has 6 heteroatoms. The fourth-order valence-corrected chi connectivity index (χ4v) is 4.17. The van der Waals surface area contributed by atoms with Crippen molar-refractivity contribution in [3.05, 3.63) is 46.2 Å². The molecule has 0 bridgehead atoms. The minimum Gasteiger partial charge on any atom is -0.322 e. The normalized spacial score (nSPS) is 21.7. The first-order valence-electron chi connectivity index (χ1n) is 7.44. The van der Waals surface area contributed by atoms with Crippen LogP contribution in [0.1, 0.15) is 18.4 Å². The molecular formula is C16H20N2O3S. The van der Waals surface area contributed by atoms with Crippen molar-refractivity contribution in [1.29, 1.82) is 0 Å². The molecule has 1 aromatic carbocycles. The van der Waals surface area contributed by atoms with E-state index in [2.05, 4.69) is 10.3 Å². The zero-order valence-electron chi connectivity index (χ0n) is 12.5. The Balaban J connectivity index is 1.57. The van der Waals surface area contributed by atoms with Crippen LogP contribution in [-0.2, 0) is 16.4 Å². The van der Waals surface area contributed by atoms with Crippen LogP contribution in [0.5, 0.6) is 0 Å². The van der Waals surface area contributed by atoms with Gasteiger partial charge in [0, 0.05) is 23.9 Å². The van der Waals surface area contributed by atoms with Crippen molar-refractivity contribution >= 4 is 20.7 Å². The van der Waals surface area contributed by atoms with Crippen molar-refractivity contribution in [1.82, 2.24) is 10.3 Å². The van der Waals surface area contributed by atoms with Gasteiger partial charge in [-0.25, -0.2) is 8.42 Å². The van der Waals surface area contributed by atoms with Gasteiger partial charge in [-0.05, 0) is 42.8 Å². The summed E-state index contributed by atoms with van der Waals surface area (Å²) in [6.45, 7) is 1.25. The largest absolute Gasteiger partial charge is 0.322 e. The number of benzene rings is 1. The number of hydrogen-bond donors (Lipinski definition) is 2. The molecule has 2 N–H and O–H groups in total.